The molecular weight excluding hydrogens is 749 g/mol. The van der Waals surface area contributed by atoms with E-state index in [4.69, 9.17) is 15.2 Å². The summed E-state index contributed by atoms with van der Waals surface area (Å²) >= 11 is 0. The zero-order chi connectivity index (χ0) is 38.6. The van der Waals surface area contributed by atoms with Crippen LogP contribution in [-0.2, 0) is 29.7 Å². The van der Waals surface area contributed by atoms with Gasteiger partial charge in [0, 0.05) is 58.2 Å². The van der Waals surface area contributed by atoms with Gasteiger partial charge < -0.3 is 35.6 Å². The molecular formula is C37H38N8O8S2. The molecule has 2 atom stereocenters. The Kier molecular flexibility index (Phi) is 11.0. The van der Waals surface area contributed by atoms with Gasteiger partial charge in [-0.15, -0.1) is 0 Å². The quantitative estimate of drug-likeness (QED) is 0.0723. The fraction of sp³-hybridized carbons (Fsp3) is 0.216. The van der Waals surface area contributed by atoms with E-state index in [0.29, 0.717) is 50.8 Å². The molecule has 2 unspecified atom stereocenters. The van der Waals surface area contributed by atoms with Crippen LogP contribution in [-0.4, -0.2) is 92.7 Å². The first-order valence-corrected chi connectivity index (χ1v) is 20.0. The van der Waals surface area contributed by atoms with Crippen molar-refractivity contribution in [3.63, 3.8) is 0 Å². The number of aromatic nitrogens is 3. The van der Waals surface area contributed by atoms with Crippen LogP contribution in [0.1, 0.15) is 17.0 Å². The smallest absolute Gasteiger partial charge is 0.295 e. The van der Waals surface area contributed by atoms with E-state index in [1.807, 2.05) is 70.5 Å². The van der Waals surface area contributed by atoms with Gasteiger partial charge in [-0.2, -0.15) is 16.8 Å². The maximum atomic E-state index is 13.1. The second kappa shape index (κ2) is 16.0. The molecule has 2 aliphatic heterocycles. The van der Waals surface area contributed by atoms with Crippen molar-refractivity contribution in [2.75, 3.05) is 65.6 Å². The van der Waals surface area contributed by atoms with Crippen LogP contribution in [0.4, 0.5) is 28.4 Å². The molecule has 286 valence electrons. The number of morpholine rings is 2. The largest absolute Gasteiger partial charge is 0.398 e. The summed E-state index contributed by atoms with van der Waals surface area (Å²) in [6.07, 6.45) is 2.78. The van der Waals surface area contributed by atoms with Crippen LogP contribution in [0.5, 0.6) is 0 Å². The van der Waals surface area contributed by atoms with Crippen LogP contribution in [0.25, 0.3) is 11.6 Å². The average molecular weight is 787 g/mol. The van der Waals surface area contributed by atoms with E-state index in [9.17, 15) is 25.9 Å². The molecule has 4 aromatic carbocycles. The highest BCUT2D eigenvalue weighted by molar-refractivity contribution is 7.86. The van der Waals surface area contributed by atoms with Gasteiger partial charge in [-0.3, -0.25) is 9.11 Å². The molecule has 0 amide bonds. The molecule has 0 radical (unpaired) electrons. The normalized spacial score (nSPS) is 18.2. The number of nitrogens with two attached hydrogens (primary N) is 1. The lowest BCUT2D eigenvalue weighted by Crippen LogP contribution is -2.46. The minimum Gasteiger partial charge on any atom is -0.398 e. The van der Waals surface area contributed by atoms with Crippen LogP contribution < -0.4 is 26.2 Å². The van der Waals surface area contributed by atoms with Crippen molar-refractivity contribution in [2.24, 2.45) is 0 Å². The molecule has 5 aromatic rings. The van der Waals surface area contributed by atoms with Crippen molar-refractivity contribution in [1.82, 2.24) is 15.0 Å². The van der Waals surface area contributed by atoms with E-state index >= 15 is 0 Å². The summed E-state index contributed by atoms with van der Waals surface area (Å²) in [4.78, 5) is 15.0. The topological polar surface area (TPSA) is 222 Å². The molecule has 16 nitrogen and oxygen atoms in total. The number of benzene rings is 4. The third-order valence-electron chi connectivity index (χ3n) is 9.06. The van der Waals surface area contributed by atoms with Crippen molar-refractivity contribution in [1.29, 1.82) is 0 Å². The predicted octanol–water partition coefficient (Wildman–Crippen LogP) is 4.09. The monoisotopic (exact) mass is 786 g/mol. The van der Waals surface area contributed by atoms with E-state index in [0.717, 1.165) is 11.4 Å². The number of para-hydroxylation sites is 2. The number of anilines is 5. The molecule has 0 bridgehead atoms. The Morgan fingerprint density at radius 3 is 1.80 bits per heavy atom. The molecule has 55 heavy (non-hydrogen) atoms. The van der Waals surface area contributed by atoms with E-state index < -0.39 is 42.5 Å². The Morgan fingerprint density at radius 1 is 0.727 bits per heavy atom. The summed E-state index contributed by atoms with van der Waals surface area (Å²) in [6.45, 7) is 2.16. The van der Waals surface area contributed by atoms with Gasteiger partial charge in [0.25, 0.3) is 20.2 Å². The van der Waals surface area contributed by atoms with Crippen LogP contribution in [0.15, 0.2) is 113 Å². The summed E-state index contributed by atoms with van der Waals surface area (Å²) < 4.78 is 85.1. The average Bonchev–Trinajstić information content (AvgIpc) is 3.18. The molecule has 0 aliphatic carbocycles. The number of nitrogens with one attached hydrogen (secondary N) is 2. The van der Waals surface area contributed by atoms with Gasteiger partial charge in [0.15, 0.2) is 5.82 Å². The molecule has 2 saturated heterocycles. The van der Waals surface area contributed by atoms with E-state index in [-0.39, 0.29) is 28.2 Å². The van der Waals surface area contributed by atoms with Gasteiger partial charge in [0.05, 0.1) is 26.3 Å². The summed E-state index contributed by atoms with van der Waals surface area (Å²) in [5.41, 5.74) is 8.85. The highest BCUT2D eigenvalue weighted by Crippen LogP contribution is 2.37. The third kappa shape index (κ3) is 9.02. The number of hydrogen-bond acceptors (Lipinski definition) is 14. The lowest BCUT2D eigenvalue weighted by Gasteiger charge is -2.35. The zero-order valence-corrected chi connectivity index (χ0v) is 30.9. The van der Waals surface area contributed by atoms with E-state index in [1.54, 1.807) is 12.1 Å². The van der Waals surface area contributed by atoms with Crippen LogP contribution in [0.3, 0.4) is 0 Å². The van der Waals surface area contributed by atoms with Crippen LogP contribution in [0.2, 0.25) is 0 Å². The molecule has 2 aliphatic rings. The second-order valence-corrected chi connectivity index (χ2v) is 15.5. The number of nitrogens with zero attached hydrogens (tertiary/aromatic N) is 5. The van der Waals surface area contributed by atoms with Gasteiger partial charge in [-0.25, -0.2) is 15.0 Å². The highest BCUT2D eigenvalue weighted by Gasteiger charge is 2.28. The molecule has 6 N–H and O–H groups in total. The first-order valence-electron chi connectivity index (χ1n) is 17.2. The first kappa shape index (κ1) is 37.7. The first-order chi connectivity index (χ1) is 26.4. The summed E-state index contributed by atoms with van der Waals surface area (Å²) in [6, 6.07) is 26.2. The standard InChI is InChI=1S/C37H38N8O8S2/c38-32-17-28(45-14-16-53-36(22-45)43-26-9-5-2-6-10-26)19-34(55(49,50)51)31(32)20-30(37-40-23-39-24-41-37)29-12-11-27(18-33(29)54(46,47)48)44-13-15-52-35(21-44)42-25-7-3-1-4-8-25/h1-12,17-20,23-24,35-36,42-43H,13-16,21-22,38H2,(H,46,47,48)(H,49,50,51). The van der Waals surface area contributed by atoms with Crippen LogP contribution in [0, 0.1) is 0 Å². The number of rotatable bonds is 11. The number of hydrogen-bond donors (Lipinski definition) is 5. The van der Waals surface area contributed by atoms with Crippen molar-refractivity contribution < 1.29 is 35.4 Å². The molecule has 0 spiro atoms. The minimum atomic E-state index is -4.92. The van der Waals surface area contributed by atoms with E-state index in [1.165, 1.54) is 36.9 Å². The van der Waals surface area contributed by atoms with E-state index in [2.05, 4.69) is 25.6 Å². The fourth-order valence-corrected chi connectivity index (χ4v) is 7.95. The van der Waals surface area contributed by atoms with Crippen molar-refractivity contribution in [3.05, 3.63) is 121 Å². The molecule has 1 aromatic heterocycles. The number of ether oxygens (including phenoxy) is 2. The molecule has 7 rings (SSSR count). The van der Waals surface area contributed by atoms with Crippen LogP contribution >= 0.6 is 0 Å². The highest BCUT2D eigenvalue weighted by atomic mass is 32.2. The summed E-state index contributed by atoms with van der Waals surface area (Å²) in [7, 11) is -9.83. The Morgan fingerprint density at radius 2 is 1.25 bits per heavy atom. The fourth-order valence-electron chi connectivity index (χ4n) is 6.50. The summed E-state index contributed by atoms with van der Waals surface area (Å²) in [5, 5.41) is 6.60. The minimum absolute atomic E-state index is 0.0185. The van der Waals surface area contributed by atoms with Crippen molar-refractivity contribution in [3.8, 4) is 0 Å². The maximum Gasteiger partial charge on any atom is 0.295 e. The van der Waals surface area contributed by atoms with Gasteiger partial charge >= 0.3 is 0 Å². The lowest BCUT2D eigenvalue weighted by atomic mass is 9.99. The molecule has 18 heteroatoms. The Hall–Kier alpha value is -5.63. The van der Waals surface area contributed by atoms with Gasteiger partial charge in [0.2, 0.25) is 0 Å². The third-order valence-corrected chi connectivity index (χ3v) is 10.8. The van der Waals surface area contributed by atoms with Gasteiger partial charge in [-0.1, -0.05) is 42.5 Å². The Bertz CT molecular complexity index is 2390. The maximum absolute atomic E-state index is 13.1. The second-order valence-electron chi connectivity index (χ2n) is 12.7. The number of nitrogen functional groups attached to an aromatic ring is 1. The van der Waals surface area contributed by atoms with Crippen molar-refractivity contribution in [2.45, 2.75) is 22.2 Å². The molecule has 3 heterocycles. The van der Waals surface area contributed by atoms with Crippen molar-refractivity contribution >= 4 is 60.3 Å². The predicted molar refractivity (Wildman–Crippen MR) is 208 cm³/mol. The lowest BCUT2D eigenvalue weighted by molar-refractivity contribution is 0.0590. The zero-order valence-electron chi connectivity index (χ0n) is 29.3. The summed E-state index contributed by atoms with van der Waals surface area (Å²) in [5.74, 6) is -0.0566. The molecule has 0 saturated carbocycles. The van der Waals surface area contributed by atoms with Gasteiger partial charge in [-0.05, 0) is 54.6 Å². The van der Waals surface area contributed by atoms with Gasteiger partial charge in [0.1, 0.15) is 34.9 Å². The Labute approximate surface area is 318 Å². The Balaban J connectivity index is 1.27. The molecule has 2 fully saturated rings. The SMILES string of the molecule is Nc1cc(N2CCOC(Nc3ccccc3)C2)cc(S(=O)(=O)O)c1C=C(c1ncncn1)c1ccc(N2CCOC(Nc3ccccc3)C2)cc1S(=O)(=O)O.